The van der Waals surface area contributed by atoms with E-state index in [1.165, 1.54) is 11.3 Å². The van der Waals surface area contributed by atoms with E-state index in [0.29, 0.717) is 6.04 Å². The standard InChI is InChI=1S/C15H28N4O/c1-6-7-16-10-13-15(18(4)8-9-20-13)14-11(2)17-19(5)12(14)3/h13,15-16H,6-10H2,1-5H3. The van der Waals surface area contributed by atoms with E-state index in [0.717, 1.165) is 38.4 Å². The average Bonchev–Trinajstić information content (AvgIpc) is 2.65. The van der Waals surface area contributed by atoms with Gasteiger partial charge in [0.25, 0.3) is 0 Å². The zero-order valence-corrected chi connectivity index (χ0v) is 13.4. The molecule has 5 heteroatoms. The van der Waals surface area contributed by atoms with Gasteiger partial charge in [-0.1, -0.05) is 6.92 Å². The number of nitrogens with one attached hydrogen (secondary N) is 1. The van der Waals surface area contributed by atoms with Crippen LogP contribution in [-0.2, 0) is 11.8 Å². The summed E-state index contributed by atoms with van der Waals surface area (Å²) in [6.07, 6.45) is 1.35. The van der Waals surface area contributed by atoms with Crippen molar-refractivity contribution in [1.29, 1.82) is 0 Å². The van der Waals surface area contributed by atoms with Gasteiger partial charge >= 0.3 is 0 Å². The molecule has 1 aromatic rings. The van der Waals surface area contributed by atoms with Gasteiger partial charge in [0.15, 0.2) is 0 Å². The molecule has 2 rings (SSSR count). The van der Waals surface area contributed by atoms with Crippen molar-refractivity contribution in [2.75, 3.05) is 33.3 Å². The molecule has 0 aliphatic carbocycles. The molecule has 1 aromatic heterocycles. The zero-order valence-electron chi connectivity index (χ0n) is 13.4. The smallest absolute Gasteiger partial charge is 0.0897 e. The molecule has 1 saturated heterocycles. The molecule has 1 fully saturated rings. The van der Waals surface area contributed by atoms with Crippen LogP contribution in [0.5, 0.6) is 0 Å². The summed E-state index contributed by atoms with van der Waals surface area (Å²) in [6, 6.07) is 0.293. The maximum atomic E-state index is 6.04. The van der Waals surface area contributed by atoms with Gasteiger partial charge in [0, 0.05) is 31.4 Å². The molecule has 5 nitrogen and oxygen atoms in total. The Hall–Kier alpha value is -0.910. The predicted molar refractivity (Wildman–Crippen MR) is 81.0 cm³/mol. The van der Waals surface area contributed by atoms with Crippen molar-refractivity contribution in [2.24, 2.45) is 7.05 Å². The van der Waals surface area contributed by atoms with Crippen molar-refractivity contribution in [3.63, 3.8) is 0 Å². The van der Waals surface area contributed by atoms with E-state index >= 15 is 0 Å². The van der Waals surface area contributed by atoms with Crippen LogP contribution < -0.4 is 5.32 Å². The van der Waals surface area contributed by atoms with E-state index < -0.39 is 0 Å². The Morgan fingerprint density at radius 1 is 1.35 bits per heavy atom. The molecule has 20 heavy (non-hydrogen) atoms. The minimum absolute atomic E-state index is 0.196. The van der Waals surface area contributed by atoms with Gasteiger partial charge < -0.3 is 10.1 Å². The Morgan fingerprint density at radius 3 is 2.70 bits per heavy atom. The van der Waals surface area contributed by atoms with Gasteiger partial charge in [-0.25, -0.2) is 0 Å². The van der Waals surface area contributed by atoms with E-state index in [1.54, 1.807) is 0 Å². The second-order valence-corrected chi connectivity index (χ2v) is 5.75. The van der Waals surface area contributed by atoms with Gasteiger partial charge in [-0.15, -0.1) is 0 Å². The van der Waals surface area contributed by atoms with Crippen molar-refractivity contribution in [3.8, 4) is 0 Å². The number of aromatic nitrogens is 2. The summed E-state index contributed by atoms with van der Waals surface area (Å²) >= 11 is 0. The predicted octanol–water partition coefficient (Wildman–Crippen LogP) is 1.41. The van der Waals surface area contributed by atoms with Crippen molar-refractivity contribution in [1.82, 2.24) is 20.0 Å². The van der Waals surface area contributed by atoms with Crippen molar-refractivity contribution < 1.29 is 4.74 Å². The Kier molecular flexibility index (Phi) is 5.18. The van der Waals surface area contributed by atoms with E-state index in [2.05, 4.69) is 43.1 Å². The molecule has 2 unspecified atom stereocenters. The average molecular weight is 280 g/mol. The highest BCUT2D eigenvalue weighted by Crippen LogP contribution is 2.32. The second kappa shape index (κ2) is 6.70. The number of ether oxygens (including phenoxy) is 1. The van der Waals surface area contributed by atoms with Gasteiger partial charge in [0.05, 0.1) is 24.4 Å². The first-order valence-corrected chi connectivity index (χ1v) is 7.58. The Balaban J connectivity index is 2.23. The number of hydrogen-bond donors (Lipinski definition) is 1. The van der Waals surface area contributed by atoms with Gasteiger partial charge in [0.1, 0.15) is 0 Å². The van der Waals surface area contributed by atoms with Gasteiger partial charge in [0.2, 0.25) is 0 Å². The third kappa shape index (κ3) is 3.05. The minimum Gasteiger partial charge on any atom is -0.374 e. The number of hydrogen-bond acceptors (Lipinski definition) is 4. The Labute approximate surface area is 122 Å². The first kappa shape index (κ1) is 15.5. The molecule has 1 N–H and O–H groups in total. The monoisotopic (exact) mass is 280 g/mol. The van der Waals surface area contributed by atoms with E-state index in [-0.39, 0.29) is 6.10 Å². The highest BCUT2D eigenvalue weighted by molar-refractivity contribution is 5.29. The van der Waals surface area contributed by atoms with Crippen LogP contribution in [-0.4, -0.2) is 54.1 Å². The maximum absolute atomic E-state index is 6.04. The van der Waals surface area contributed by atoms with E-state index in [1.807, 2.05) is 11.7 Å². The molecule has 2 atom stereocenters. The largest absolute Gasteiger partial charge is 0.374 e. The fourth-order valence-electron chi connectivity index (χ4n) is 3.08. The SMILES string of the molecule is CCCNCC1OCCN(C)C1c1c(C)nn(C)c1C. The van der Waals surface area contributed by atoms with E-state index in [4.69, 9.17) is 4.74 Å². The van der Waals surface area contributed by atoms with Gasteiger partial charge in [-0.3, -0.25) is 9.58 Å². The number of morpholine rings is 1. The number of likely N-dealkylation sites (N-methyl/N-ethyl adjacent to an activating group) is 1. The summed E-state index contributed by atoms with van der Waals surface area (Å²) in [4.78, 5) is 2.40. The molecule has 1 aliphatic rings. The minimum atomic E-state index is 0.196. The molecule has 0 radical (unpaired) electrons. The van der Waals surface area contributed by atoms with Gasteiger partial charge in [-0.05, 0) is 33.9 Å². The fourth-order valence-corrected chi connectivity index (χ4v) is 3.08. The molecule has 0 saturated carbocycles. The summed E-state index contributed by atoms with van der Waals surface area (Å²) < 4.78 is 8.02. The summed E-state index contributed by atoms with van der Waals surface area (Å²) in [7, 11) is 4.20. The lowest BCUT2D eigenvalue weighted by molar-refractivity contribution is -0.0616. The summed E-state index contributed by atoms with van der Waals surface area (Å²) in [6.45, 7) is 10.2. The molecule has 0 bridgehead atoms. The summed E-state index contributed by atoms with van der Waals surface area (Å²) in [5, 5.41) is 8.06. The highest BCUT2D eigenvalue weighted by atomic mass is 16.5. The van der Waals surface area contributed by atoms with Crippen molar-refractivity contribution in [2.45, 2.75) is 39.3 Å². The quantitative estimate of drug-likeness (QED) is 0.828. The molecule has 2 heterocycles. The molecular formula is C15H28N4O. The topological polar surface area (TPSA) is 42.3 Å². The second-order valence-electron chi connectivity index (χ2n) is 5.75. The van der Waals surface area contributed by atoms with Crippen molar-refractivity contribution in [3.05, 3.63) is 17.0 Å². The first-order chi connectivity index (χ1) is 9.56. The van der Waals surface area contributed by atoms with Crippen LogP contribution in [0.15, 0.2) is 0 Å². The van der Waals surface area contributed by atoms with Crippen LogP contribution in [0.4, 0.5) is 0 Å². The first-order valence-electron chi connectivity index (χ1n) is 7.58. The molecule has 114 valence electrons. The normalized spacial score (nSPS) is 24.2. The molecule has 0 spiro atoms. The van der Waals surface area contributed by atoms with Crippen LogP contribution in [0, 0.1) is 13.8 Å². The Bertz CT molecular complexity index is 443. The number of nitrogens with zero attached hydrogens (tertiary/aromatic N) is 3. The lowest BCUT2D eigenvalue weighted by Gasteiger charge is -2.39. The summed E-state index contributed by atoms with van der Waals surface area (Å²) in [5.74, 6) is 0. The number of aryl methyl sites for hydroxylation is 2. The third-order valence-electron chi connectivity index (χ3n) is 4.24. The van der Waals surface area contributed by atoms with Crippen LogP contribution in [0.2, 0.25) is 0 Å². The fraction of sp³-hybridized carbons (Fsp3) is 0.800. The molecule has 1 aliphatic heterocycles. The maximum Gasteiger partial charge on any atom is 0.0897 e. The third-order valence-corrected chi connectivity index (χ3v) is 4.24. The van der Waals surface area contributed by atoms with Crippen molar-refractivity contribution >= 4 is 0 Å². The highest BCUT2D eigenvalue weighted by Gasteiger charge is 2.34. The zero-order chi connectivity index (χ0) is 14.7. The van der Waals surface area contributed by atoms with Crippen LogP contribution in [0.3, 0.4) is 0 Å². The molecular weight excluding hydrogens is 252 g/mol. The van der Waals surface area contributed by atoms with Gasteiger partial charge in [-0.2, -0.15) is 5.10 Å². The number of rotatable bonds is 5. The Morgan fingerprint density at radius 2 is 2.10 bits per heavy atom. The van der Waals surface area contributed by atoms with Crippen LogP contribution >= 0.6 is 0 Å². The lowest BCUT2D eigenvalue weighted by Crippen LogP contribution is -2.47. The lowest BCUT2D eigenvalue weighted by atomic mass is 9.96. The van der Waals surface area contributed by atoms with Crippen LogP contribution in [0.1, 0.15) is 36.3 Å². The summed E-state index contributed by atoms with van der Waals surface area (Å²) in [5.41, 5.74) is 3.69. The van der Waals surface area contributed by atoms with E-state index in [9.17, 15) is 0 Å². The van der Waals surface area contributed by atoms with Crippen LogP contribution in [0.25, 0.3) is 0 Å². The molecule has 0 aromatic carbocycles. The molecule has 0 amide bonds.